The van der Waals surface area contributed by atoms with E-state index in [1.807, 2.05) is 0 Å². The summed E-state index contributed by atoms with van der Waals surface area (Å²) in [6.45, 7) is 7.53. The lowest BCUT2D eigenvalue weighted by molar-refractivity contribution is -0.910. The van der Waals surface area contributed by atoms with Crippen LogP contribution >= 0.6 is 22.6 Å². The van der Waals surface area contributed by atoms with Crippen molar-refractivity contribution in [2.45, 2.75) is 90.4 Å². The summed E-state index contributed by atoms with van der Waals surface area (Å²) >= 11 is 2.18. The van der Waals surface area contributed by atoms with E-state index in [1.165, 1.54) is 108 Å². The van der Waals surface area contributed by atoms with Crippen molar-refractivity contribution in [3.63, 3.8) is 0 Å². The van der Waals surface area contributed by atoms with Crippen molar-refractivity contribution < 1.29 is 17.5 Å². The maximum atomic E-state index is 9.08. The first-order valence-corrected chi connectivity index (χ1v) is 13.6. The zero-order chi connectivity index (χ0) is 20.4. The Bertz CT molecular complexity index is 497. The molecule has 0 radical (unpaired) electrons. The fraction of sp³-hybridized carbons (Fsp3) is 0.905. The molecule has 0 atom stereocenters. The summed E-state index contributed by atoms with van der Waals surface area (Å²) in [5, 5.41) is 0. The fourth-order valence-corrected chi connectivity index (χ4v) is 3.95. The van der Waals surface area contributed by atoms with E-state index in [1.54, 1.807) is 0 Å². The highest BCUT2D eigenvalue weighted by molar-refractivity contribution is 14.1. The van der Waals surface area contributed by atoms with E-state index >= 15 is 0 Å². The number of quaternary nitrogens is 1. The predicted molar refractivity (Wildman–Crippen MR) is 123 cm³/mol. The molecule has 0 saturated carbocycles. The van der Waals surface area contributed by atoms with Gasteiger partial charge in [0.15, 0.2) is 0 Å². The van der Waals surface area contributed by atoms with Gasteiger partial charge in [0.25, 0.3) is 0 Å². The molecule has 1 saturated heterocycles. The summed E-state index contributed by atoms with van der Waals surface area (Å²) in [7, 11) is -3.92. The van der Waals surface area contributed by atoms with E-state index in [0.29, 0.717) is 6.26 Å². The van der Waals surface area contributed by atoms with Gasteiger partial charge in [0, 0.05) is 41.7 Å². The van der Waals surface area contributed by atoms with Gasteiger partial charge >= 0.3 is 0 Å². The summed E-state index contributed by atoms with van der Waals surface area (Å²) in [6.07, 6.45) is 19.3. The Morgan fingerprint density at radius 3 is 1.70 bits per heavy atom. The molecule has 0 unspecified atom stereocenters. The molecule has 0 bridgehead atoms. The number of hydrogen-bond donors (Lipinski definition) is 0. The molecule has 0 aliphatic carbocycles. The molecule has 0 amide bonds. The Hall–Kier alpha value is 0.160. The van der Waals surface area contributed by atoms with Gasteiger partial charge in [0.05, 0.1) is 29.8 Å². The minimum atomic E-state index is -3.92. The van der Waals surface area contributed by atoms with Gasteiger partial charge in [-0.1, -0.05) is 64.7 Å². The highest BCUT2D eigenvalue weighted by Gasteiger charge is 2.30. The maximum absolute atomic E-state index is 9.08. The molecule has 6 heteroatoms. The van der Waals surface area contributed by atoms with Crippen LogP contribution in [0.15, 0.2) is 0 Å². The number of nitrogens with zero attached hydrogens (tertiary/aromatic N) is 1. The second kappa shape index (κ2) is 17.1. The van der Waals surface area contributed by atoms with Gasteiger partial charge in [-0.2, -0.15) is 0 Å². The van der Waals surface area contributed by atoms with Crippen LogP contribution in [-0.2, 0) is 10.1 Å². The smallest absolute Gasteiger partial charge is 0.141 e. The van der Waals surface area contributed by atoms with Crippen LogP contribution in [0, 0.1) is 9.85 Å². The van der Waals surface area contributed by atoms with Crippen LogP contribution in [0.25, 0.3) is 0 Å². The standard InChI is InChI=1S/C20H37IN.CH4O3S/c1-2-3-4-5-6-7-8-9-10-11-12-17-22(20-15-16-21)18-13-14-19-22;1-5(2,3)4/h2-14,17-20H2,1H3;1H3,(H,2,3,4)/q+1;/p-1. The Morgan fingerprint density at radius 2 is 1.30 bits per heavy atom. The van der Waals surface area contributed by atoms with Crippen LogP contribution in [0.3, 0.4) is 0 Å². The van der Waals surface area contributed by atoms with E-state index in [4.69, 9.17) is 13.0 Å². The molecule has 0 N–H and O–H groups in total. The van der Waals surface area contributed by atoms with Crippen molar-refractivity contribution in [1.82, 2.24) is 0 Å². The minimum absolute atomic E-state index is 0.604. The lowest BCUT2D eigenvalue weighted by Gasteiger charge is -2.32. The lowest BCUT2D eigenvalue weighted by atomic mass is 10.1. The van der Waals surface area contributed by atoms with Crippen molar-refractivity contribution in [2.75, 3.05) is 32.4 Å². The van der Waals surface area contributed by atoms with Crippen molar-refractivity contribution in [1.29, 1.82) is 0 Å². The molecule has 1 heterocycles. The molecule has 1 fully saturated rings. The van der Waals surface area contributed by atoms with Gasteiger partial charge < -0.3 is 9.04 Å². The van der Waals surface area contributed by atoms with Gasteiger partial charge in [-0.25, -0.2) is 8.42 Å². The topological polar surface area (TPSA) is 57.2 Å². The average Bonchev–Trinajstić information content (AvgIpc) is 3.05. The zero-order valence-corrected chi connectivity index (χ0v) is 20.5. The molecule has 1 aliphatic heterocycles. The molecule has 0 spiro atoms. The van der Waals surface area contributed by atoms with E-state index in [-0.39, 0.29) is 0 Å². The van der Waals surface area contributed by atoms with Crippen LogP contribution in [-0.4, -0.2) is 49.9 Å². The summed E-state index contributed by atoms with van der Waals surface area (Å²) in [5.74, 6) is 3.33. The molecule has 27 heavy (non-hydrogen) atoms. The number of rotatable bonds is 13. The van der Waals surface area contributed by atoms with Gasteiger partial charge in [0.2, 0.25) is 0 Å². The fourth-order valence-electron chi connectivity index (χ4n) is 3.78. The van der Waals surface area contributed by atoms with Gasteiger partial charge in [0.1, 0.15) is 6.54 Å². The molecule has 1 aliphatic rings. The molecule has 4 nitrogen and oxygen atoms in total. The summed E-state index contributed by atoms with van der Waals surface area (Å²) in [6, 6.07) is 0. The maximum Gasteiger partial charge on any atom is 0.141 e. The largest absolute Gasteiger partial charge is 0.748 e. The second-order valence-electron chi connectivity index (χ2n) is 7.89. The molecular weight excluding hydrogens is 473 g/mol. The Kier molecular flexibility index (Phi) is 17.2. The third-order valence-corrected chi connectivity index (χ3v) is 5.61. The number of likely N-dealkylation sites (tertiary alicyclic amines) is 1. The van der Waals surface area contributed by atoms with Crippen molar-refractivity contribution >= 4 is 32.7 Å². The van der Waals surface area contributed by atoms with Gasteiger partial charge in [-0.3, -0.25) is 0 Å². The highest BCUT2D eigenvalue weighted by atomic mass is 127. The Morgan fingerprint density at radius 1 is 0.889 bits per heavy atom. The van der Waals surface area contributed by atoms with Crippen LogP contribution in [0.2, 0.25) is 0 Å². The third-order valence-electron chi connectivity index (χ3n) is 5.23. The first kappa shape index (κ1) is 27.2. The van der Waals surface area contributed by atoms with Crippen molar-refractivity contribution in [3.8, 4) is 9.85 Å². The molecular formula is C21H40INO3S. The van der Waals surface area contributed by atoms with Crippen LogP contribution in [0.1, 0.15) is 90.4 Å². The lowest BCUT2D eigenvalue weighted by Crippen LogP contribution is -2.46. The summed E-state index contributed by atoms with van der Waals surface area (Å²) in [4.78, 5) is 0. The minimum Gasteiger partial charge on any atom is -0.748 e. The zero-order valence-electron chi connectivity index (χ0n) is 17.5. The van der Waals surface area contributed by atoms with Gasteiger partial charge in [-0.05, 0) is 22.7 Å². The molecule has 160 valence electrons. The van der Waals surface area contributed by atoms with Crippen molar-refractivity contribution in [3.05, 3.63) is 0 Å². The average molecular weight is 514 g/mol. The van der Waals surface area contributed by atoms with Crippen LogP contribution < -0.4 is 0 Å². The number of hydrogen-bond acceptors (Lipinski definition) is 3. The SMILES string of the molecule is CCCCCCCCCCCCC[N+]1(CC#CI)CCCC1.CS(=O)(=O)[O-]. The van der Waals surface area contributed by atoms with E-state index < -0.39 is 10.1 Å². The Labute approximate surface area is 182 Å². The van der Waals surface area contributed by atoms with Crippen molar-refractivity contribution in [2.24, 2.45) is 0 Å². The predicted octanol–water partition coefficient (Wildman–Crippen LogP) is 5.47. The second-order valence-corrected chi connectivity index (χ2v) is 9.84. The first-order chi connectivity index (χ1) is 12.8. The van der Waals surface area contributed by atoms with E-state index in [9.17, 15) is 0 Å². The quantitative estimate of drug-likeness (QED) is 0.108. The van der Waals surface area contributed by atoms with Crippen LogP contribution in [0.5, 0.6) is 0 Å². The number of halogens is 1. The van der Waals surface area contributed by atoms with E-state index in [0.717, 1.165) is 6.54 Å². The Balaban J connectivity index is 0.00000119. The van der Waals surface area contributed by atoms with E-state index in [2.05, 4.69) is 39.4 Å². The normalized spacial score (nSPS) is 15.6. The molecule has 0 aromatic heterocycles. The monoisotopic (exact) mass is 513 g/mol. The highest BCUT2D eigenvalue weighted by Crippen LogP contribution is 2.21. The molecule has 0 aromatic carbocycles. The summed E-state index contributed by atoms with van der Waals surface area (Å²) < 4.78 is 31.6. The molecule has 1 rings (SSSR count). The number of unbranched alkanes of at least 4 members (excludes halogenated alkanes) is 10. The molecule has 0 aromatic rings. The first-order valence-electron chi connectivity index (χ1n) is 10.7. The van der Waals surface area contributed by atoms with Crippen LogP contribution in [0.4, 0.5) is 0 Å². The van der Waals surface area contributed by atoms with Gasteiger partial charge in [-0.15, -0.1) is 0 Å². The summed E-state index contributed by atoms with van der Waals surface area (Å²) in [5.41, 5.74) is 0. The third kappa shape index (κ3) is 19.3.